The van der Waals surface area contributed by atoms with Crippen molar-refractivity contribution >= 4 is 38.2 Å². The Labute approximate surface area is 119 Å². The summed E-state index contributed by atoms with van der Waals surface area (Å²) in [4.78, 5) is 11.6. The van der Waals surface area contributed by atoms with Crippen LogP contribution < -0.4 is 5.32 Å². The van der Waals surface area contributed by atoms with Crippen molar-refractivity contribution in [2.75, 3.05) is 23.9 Å². The fourth-order valence-corrected chi connectivity index (χ4v) is 4.24. The summed E-state index contributed by atoms with van der Waals surface area (Å²) >= 11 is 1.80. The average molecular weight is 295 g/mol. The van der Waals surface area contributed by atoms with Crippen LogP contribution in [0.1, 0.15) is 22.7 Å². The maximum Gasteiger partial charge on any atom is 0.138 e. The second kappa shape index (κ2) is 5.17. The van der Waals surface area contributed by atoms with Gasteiger partial charge in [-0.1, -0.05) is 0 Å². The fourth-order valence-electron chi connectivity index (χ4n) is 2.54. The zero-order chi connectivity index (χ0) is 13.4. The van der Waals surface area contributed by atoms with E-state index in [1.165, 1.54) is 28.7 Å². The van der Waals surface area contributed by atoms with Crippen LogP contribution in [0.15, 0.2) is 0 Å². The molecule has 1 unspecified atom stereocenters. The summed E-state index contributed by atoms with van der Waals surface area (Å²) in [7, 11) is -0.771. The molecule has 2 aromatic rings. The third kappa shape index (κ3) is 2.51. The molecule has 6 heteroatoms. The molecule has 1 aliphatic rings. The van der Waals surface area contributed by atoms with Crippen molar-refractivity contribution in [2.24, 2.45) is 0 Å². The zero-order valence-corrected chi connectivity index (χ0v) is 12.8. The summed E-state index contributed by atoms with van der Waals surface area (Å²) in [5.41, 5.74) is 1.43. The maximum absolute atomic E-state index is 11.1. The molecular weight excluding hydrogens is 278 g/mol. The Morgan fingerprint density at radius 3 is 3.00 bits per heavy atom. The van der Waals surface area contributed by atoms with E-state index in [2.05, 4.69) is 15.3 Å². The lowest BCUT2D eigenvalue weighted by atomic mass is 10.2. The SMILES string of the molecule is Cc1nc(NCCS(C)=O)c2c3c(sc2n1)CCC3. The van der Waals surface area contributed by atoms with Crippen molar-refractivity contribution in [3.63, 3.8) is 0 Å². The summed E-state index contributed by atoms with van der Waals surface area (Å²) in [6.07, 6.45) is 5.28. The summed E-state index contributed by atoms with van der Waals surface area (Å²) < 4.78 is 11.1. The van der Waals surface area contributed by atoms with E-state index in [1.807, 2.05) is 6.92 Å². The number of hydrogen-bond donors (Lipinski definition) is 1. The standard InChI is InChI=1S/C13H17N3OS2/c1-8-15-12(14-6-7-19(2)17)11-9-4-3-5-10(9)18-13(11)16-8/h3-7H2,1-2H3,(H,14,15,16). The molecule has 1 atom stereocenters. The number of nitrogens with one attached hydrogen (secondary N) is 1. The van der Waals surface area contributed by atoms with E-state index in [-0.39, 0.29) is 0 Å². The predicted molar refractivity (Wildman–Crippen MR) is 81.6 cm³/mol. The topological polar surface area (TPSA) is 54.9 Å². The normalized spacial score (nSPS) is 15.7. The number of thiophene rings is 1. The number of aryl methyl sites for hydroxylation is 3. The molecule has 4 nitrogen and oxygen atoms in total. The van der Waals surface area contributed by atoms with Gasteiger partial charge < -0.3 is 5.32 Å². The van der Waals surface area contributed by atoms with Gasteiger partial charge in [-0.05, 0) is 31.7 Å². The van der Waals surface area contributed by atoms with Crippen molar-refractivity contribution in [3.8, 4) is 0 Å². The summed E-state index contributed by atoms with van der Waals surface area (Å²) in [5.74, 6) is 2.37. The monoisotopic (exact) mass is 295 g/mol. The van der Waals surface area contributed by atoms with Gasteiger partial charge >= 0.3 is 0 Å². The van der Waals surface area contributed by atoms with Crippen molar-refractivity contribution < 1.29 is 4.21 Å². The first-order chi connectivity index (χ1) is 9.15. The van der Waals surface area contributed by atoms with Crippen LogP contribution in [-0.4, -0.2) is 32.7 Å². The van der Waals surface area contributed by atoms with E-state index in [0.29, 0.717) is 12.3 Å². The Bertz CT molecular complexity index is 651. The molecule has 0 amide bonds. The van der Waals surface area contributed by atoms with E-state index in [1.54, 1.807) is 17.6 Å². The summed E-state index contributed by atoms with van der Waals surface area (Å²) in [6.45, 7) is 2.62. The minimum Gasteiger partial charge on any atom is -0.368 e. The third-order valence-electron chi connectivity index (χ3n) is 3.36. The first kappa shape index (κ1) is 13.0. The van der Waals surface area contributed by atoms with Gasteiger partial charge in [0.25, 0.3) is 0 Å². The first-order valence-corrected chi connectivity index (χ1v) is 9.02. The van der Waals surface area contributed by atoms with Gasteiger partial charge in [0.2, 0.25) is 0 Å². The molecule has 0 radical (unpaired) electrons. The quantitative estimate of drug-likeness (QED) is 0.940. The highest BCUT2D eigenvalue weighted by Crippen LogP contribution is 2.39. The maximum atomic E-state index is 11.1. The molecule has 0 aromatic carbocycles. The Balaban J connectivity index is 1.99. The molecule has 0 bridgehead atoms. The van der Waals surface area contributed by atoms with Crippen molar-refractivity contribution in [1.82, 2.24) is 9.97 Å². The smallest absolute Gasteiger partial charge is 0.138 e. The molecule has 0 saturated carbocycles. The van der Waals surface area contributed by atoms with Gasteiger partial charge in [0.15, 0.2) is 0 Å². The molecule has 0 aliphatic heterocycles. The molecule has 1 N–H and O–H groups in total. The van der Waals surface area contributed by atoms with Crippen LogP contribution in [0.5, 0.6) is 0 Å². The van der Waals surface area contributed by atoms with E-state index in [9.17, 15) is 4.21 Å². The molecule has 2 heterocycles. The van der Waals surface area contributed by atoms with Gasteiger partial charge in [-0.3, -0.25) is 4.21 Å². The fraction of sp³-hybridized carbons (Fsp3) is 0.538. The van der Waals surface area contributed by atoms with Crippen LogP contribution in [0.3, 0.4) is 0 Å². The van der Waals surface area contributed by atoms with E-state index in [4.69, 9.17) is 0 Å². The Hall–Kier alpha value is -1.01. The highest BCUT2D eigenvalue weighted by atomic mass is 32.2. The van der Waals surface area contributed by atoms with Gasteiger partial charge in [-0.2, -0.15) is 0 Å². The first-order valence-electron chi connectivity index (χ1n) is 6.48. The molecule has 19 heavy (non-hydrogen) atoms. The molecule has 0 saturated heterocycles. The molecule has 0 fully saturated rings. The van der Waals surface area contributed by atoms with Crippen molar-refractivity contribution in [2.45, 2.75) is 26.2 Å². The molecule has 3 rings (SSSR count). The molecule has 2 aromatic heterocycles. The van der Waals surface area contributed by atoms with Gasteiger partial charge in [-0.15, -0.1) is 11.3 Å². The van der Waals surface area contributed by atoms with Crippen LogP contribution in [0, 0.1) is 6.92 Å². The Kier molecular flexibility index (Phi) is 3.54. The third-order valence-corrected chi connectivity index (χ3v) is 5.32. The number of nitrogens with zero attached hydrogens (tertiary/aromatic N) is 2. The van der Waals surface area contributed by atoms with Gasteiger partial charge in [0.1, 0.15) is 16.5 Å². The van der Waals surface area contributed by atoms with Crippen LogP contribution in [0.2, 0.25) is 0 Å². The number of anilines is 1. The summed E-state index contributed by atoms with van der Waals surface area (Å²) in [6, 6.07) is 0. The average Bonchev–Trinajstić information content (AvgIpc) is 2.87. The molecule has 102 valence electrons. The van der Waals surface area contributed by atoms with Gasteiger partial charge in [-0.25, -0.2) is 9.97 Å². The Morgan fingerprint density at radius 1 is 1.37 bits per heavy atom. The van der Waals surface area contributed by atoms with Crippen LogP contribution in [0.4, 0.5) is 5.82 Å². The molecular formula is C13H17N3OS2. The lowest BCUT2D eigenvalue weighted by Gasteiger charge is -2.08. The lowest BCUT2D eigenvalue weighted by molar-refractivity contribution is 0.687. The zero-order valence-electron chi connectivity index (χ0n) is 11.2. The molecule has 1 aliphatic carbocycles. The van der Waals surface area contributed by atoms with Crippen LogP contribution >= 0.6 is 11.3 Å². The van der Waals surface area contributed by atoms with Gasteiger partial charge in [0, 0.05) is 34.2 Å². The number of fused-ring (bicyclic) bond motifs is 3. The van der Waals surface area contributed by atoms with E-state index < -0.39 is 10.8 Å². The minimum absolute atomic E-state index is 0.650. The molecule has 0 spiro atoms. The number of hydrogen-bond acceptors (Lipinski definition) is 5. The highest BCUT2D eigenvalue weighted by molar-refractivity contribution is 7.84. The highest BCUT2D eigenvalue weighted by Gasteiger charge is 2.21. The lowest BCUT2D eigenvalue weighted by Crippen LogP contribution is -2.11. The van der Waals surface area contributed by atoms with Crippen molar-refractivity contribution in [1.29, 1.82) is 0 Å². The van der Waals surface area contributed by atoms with Crippen LogP contribution in [0.25, 0.3) is 10.2 Å². The second-order valence-corrected chi connectivity index (χ2v) is 7.50. The predicted octanol–water partition coefficient (Wildman–Crippen LogP) is 2.28. The largest absolute Gasteiger partial charge is 0.368 e. The van der Waals surface area contributed by atoms with E-state index >= 15 is 0 Å². The van der Waals surface area contributed by atoms with Gasteiger partial charge in [0.05, 0.1) is 5.39 Å². The number of aromatic nitrogens is 2. The number of rotatable bonds is 4. The van der Waals surface area contributed by atoms with Crippen LogP contribution in [-0.2, 0) is 23.6 Å². The summed E-state index contributed by atoms with van der Waals surface area (Å²) in [5, 5.41) is 4.54. The second-order valence-electron chi connectivity index (χ2n) is 4.86. The Morgan fingerprint density at radius 2 is 2.21 bits per heavy atom. The van der Waals surface area contributed by atoms with E-state index in [0.717, 1.165) is 22.9 Å². The minimum atomic E-state index is -0.771. The van der Waals surface area contributed by atoms with Crippen molar-refractivity contribution in [3.05, 3.63) is 16.3 Å².